The zero-order valence-corrected chi connectivity index (χ0v) is 11.7. The first kappa shape index (κ1) is 14.6. The number of hydrogen-bond acceptors (Lipinski definition) is 5. The monoisotopic (exact) mass is 251 g/mol. The number of methoxy groups -OCH3 is 1. The highest BCUT2D eigenvalue weighted by Crippen LogP contribution is 2.23. The van der Waals surface area contributed by atoms with Gasteiger partial charge in [-0.2, -0.15) is 0 Å². The maximum absolute atomic E-state index is 12.6. The van der Waals surface area contributed by atoms with Crippen LogP contribution in [0.1, 0.15) is 38.2 Å². The van der Waals surface area contributed by atoms with E-state index >= 15 is 0 Å². The number of hydrogen-bond donors (Lipinski definition) is 0. The highest BCUT2D eigenvalue weighted by Gasteiger charge is 2.36. The molecule has 0 aliphatic carbocycles. The number of carbonyl (C=O) groups is 1. The van der Waals surface area contributed by atoms with Gasteiger partial charge in [-0.05, 0) is 26.9 Å². The summed E-state index contributed by atoms with van der Waals surface area (Å²) in [4.78, 5) is 22.8. The minimum atomic E-state index is -0.618. The van der Waals surface area contributed by atoms with Crippen molar-refractivity contribution < 1.29 is 9.53 Å². The van der Waals surface area contributed by atoms with Crippen LogP contribution in [0.2, 0.25) is 0 Å². The van der Waals surface area contributed by atoms with Crippen molar-refractivity contribution >= 4 is 5.78 Å². The molecule has 0 fully saturated rings. The molecule has 0 bridgehead atoms. The van der Waals surface area contributed by atoms with E-state index in [1.54, 1.807) is 0 Å². The molecule has 1 aromatic rings. The molecule has 0 amide bonds. The molecule has 18 heavy (non-hydrogen) atoms. The summed E-state index contributed by atoms with van der Waals surface area (Å²) in [7, 11) is 1.49. The second-order valence-corrected chi connectivity index (χ2v) is 4.47. The van der Waals surface area contributed by atoms with Gasteiger partial charge in [0.15, 0.2) is 5.69 Å². The Kier molecular flexibility index (Phi) is 4.78. The van der Waals surface area contributed by atoms with Gasteiger partial charge >= 0.3 is 0 Å². The Hall–Kier alpha value is -1.49. The van der Waals surface area contributed by atoms with E-state index < -0.39 is 5.54 Å². The van der Waals surface area contributed by atoms with Crippen LogP contribution in [0.5, 0.6) is 5.88 Å². The number of ketones is 1. The Morgan fingerprint density at radius 2 is 1.83 bits per heavy atom. The lowest BCUT2D eigenvalue weighted by Gasteiger charge is -2.35. The molecule has 5 heteroatoms. The van der Waals surface area contributed by atoms with E-state index in [0.29, 0.717) is 0 Å². The van der Waals surface area contributed by atoms with E-state index in [9.17, 15) is 4.79 Å². The third-order valence-corrected chi connectivity index (χ3v) is 3.18. The van der Waals surface area contributed by atoms with Crippen molar-refractivity contribution in [3.63, 3.8) is 0 Å². The number of rotatable bonds is 6. The highest BCUT2D eigenvalue weighted by molar-refractivity contribution is 6.02. The summed E-state index contributed by atoms with van der Waals surface area (Å²) in [6.07, 6.45) is 3.02. The first-order valence-corrected chi connectivity index (χ1v) is 6.13. The van der Waals surface area contributed by atoms with Crippen LogP contribution >= 0.6 is 0 Å². The molecule has 0 aliphatic rings. The maximum Gasteiger partial charge on any atom is 0.243 e. The molecule has 0 radical (unpaired) electrons. The van der Waals surface area contributed by atoms with E-state index in [1.807, 2.05) is 27.7 Å². The predicted octanol–water partition coefficient (Wildman–Crippen LogP) is 1.79. The van der Waals surface area contributed by atoms with E-state index in [1.165, 1.54) is 19.5 Å². The number of carbonyl (C=O) groups excluding carboxylic acids is 1. The fraction of sp³-hybridized carbons (Fsp3) is 0.615. The van der Waals surface area contributed by atoms with Crippen LogP contribution in [-0.2, 0) is 0 Å². The van der Waals surface area contributed by atoms with Gasteiger partial charge < -0.3 is 4.74 Å². The van der Waals surface area contributed by atoms with Crippen LogP contribution in [0.25, 0.3) is 0 Å². The molecule has 0 saturated heterocycles. The Balaban J connectivity index is 3.13. The lowest BCUT2D eigenvalue weighted by atomic mass is 9.94. The third-order valence-electron chi connectivity index (χ3n) is 3.18. The van der Waals surface area contributed by atoms with Gasteiger partial charge in [-0.15, -0.1) is 0 Å². The van der Waals surface area contributed by atoms with Crippen LogP contribution in [0, 0.1) is 0 Å². The number of ether oxygens (including phenoxy) is 1. The molecule has 0 atom stereocenters. The zero-order chi connectivity index (χ0) is 13.8. The molecule has 0 saturated carbocycles. The quantitative estimate of drug-likeness (QED) is 0.721. The summed E-state index contributed by atoms with van der Waals surface area (Å²) in [6.45, 7) is 9.47. The van der Waals surface area contributed by atoms with Crippen molar-refractivity contribution in [3.8, 4) is 5.88 Å². The maximum atomic E-state index is 12.6. The number of nitrogens with zero attached hydrogens (tertiary/aromatic N) is 3. The number of Topliss-reactive ketones (excluding diaryl/α,β-unsaturated/α-hetero) is 1. The Morgan fingerprint density at radius 1 is 1.28 bits per heavy atom. The van der Waals surface area contributed by atoms with E-state index in [4.69, 9.17) is 4.74 Å². The summed E-state index contributed by atoms with van der Waals surface area (Å²) in [5, 5.41) is 0. The molecular formula is C13H21N3O2. The van der Waals surface area contributed by atoms with Crippen molar-refractivity contribution in [2.24, 2.45) is 0 Å². The van der Waals surface area contributed by atoms with Crippen LogP contribution in [-0.4, -0.2) is 46.4 Å². The van der Waals surface area contributed by atoms with E-state index in [2.05, 4.69) is 14.9 Å². The summed E-state index contributed by atoms with van der Waals surface area (Å²) >= 11 is 0. The standard InChI is InChI=1S/C13H21N3O2/c1-6-16(7-2)13(3,4)11(17)10-12(18-5)15-9-8-14-10/h8-9H,6-7H2,1-5H3. The topological polar surface area (TPSA) is 55.3 Å². The second kappa shape index (κ2) is 5.91. The average molecular weight is 251 g/mol. The van der Waals surface area contributed by atoms with Crippen LogP contribution in [0.4, 0.5) is 0 Å². The van der Waals surface area contributed by atoms with Crippen molar-refractivity contribution in [2.45, 2.75) is 33.2 Å². The van der Waals surface area contributed by atoms with Crippen LogP contribution in [0.3, 0.4) is 0 Å². The van der Waals surface area contributed by atoms with Crippen LogP contribution in [0.15, 0.2) is 12.4 Å². The van der Waals surface area contributed by atoms with Gasteiger partial charge in [0.2, 0.25) is 11.7 Å². The second-order valence-electron chi connectivity index (χ2n) is 4.47. The Bertz CT molecular complexity index is 414. The smallest absolute Gasteiger partial charge is 0.243 e. The summed E-state index contributed by atoms with van der Waals surface area (Å²) in [6, 6.07) is 0. The SMILES string of the molecule is CCN(CC)C(C)(C)C(=O)c1nccnc1OC. The van der Waals surface area contributed by atoms with Gasteiger partial charge in [-0.25, -0.2) is 9.97 Å². The largest absolute Gasteiger partial charge is 0.479 e. The Labute approximate surface area is 108 Å². The molecule has 0 unspecified atom stereocenters. The normalized spacial score (nSPS) is 11.7. The molecule has 100 valence electrons. The summed E-state index contributed by atoms with van der Waals surface area (Å²) < 4.78 is 5.10. The van der Waals surface area contributed by atoms with Gasteiger partial charge in [-0.1, -0.05) is 13.8 Å². The van der Waals surface area contributed by atoms with Crippen LogP contribution < -0.4 is 4.74 Å². The van der Waals surface area contributed by atoms with Gasteiger partial charge in [0, 0.05) is 12.4 Å². The molecule has 1 aromatic heterocycles. The summed E-state index contributed by atoms with van der Waals surface area (Å²) in [5.41, 5.74) is -0.329. The molecule has 5 nitrogen and oxygen atoms in total. The highest BCUT2D eigenvalue weighted by atomic mass is 16.5. The van der Waals surface area contributed by atoms with Crippen molar-refractivity contribution in [1.29, 1.82) is 0 Å². The summed E-state index contributed by atoms with van der Waals surface area (Å²) in [5.74, 6) is 0.207. The first-order valence-electron chi connectivity index (χ1n) is 6.13. The molecule has 0 spiro atoms. The van der Waals surface area contributed by atoms with Gasteiger partial charge in [0.1, 0.15) is 0 Å². The molecule has 0 N–H and O–H groups in total. The lowest BCUT2D eigenvalue weighted by molar-refractivity contribution is 0.0659. The van der Waals surface area contributed by atoms with Gasteiger partial charge in [-0.3, -0.25) is 9.69 Å². The van der Waals surface area contributed by atoms with Crippen molar-refractivity contribution in [3.05, 3.63) is 18.1 Å². The van der Waals surface area contributed by atoms with E-state index in [-0.39, 0.29) is 17.4 Å². The average Bonchev–Trinajstić information content (AvgIpc) is 2.38. The van der Waals surface area contributed by atoms with Crippen molar-refractivity contribution in [1.82, 2.24) is 14.9 Å². The third kappa shape index (κ3) is 2.67. The molecule has 1 heterocycles. The molecule has 0 aromatic carbocycles. The predicted molar refractivity (Wildman–Crippen MR) is 69.9 cm³/mol. The van der Waals surface area contributed by atoms with Gasteiger partial charge in [0.05, 0.1) is 12.6 Å². The van der Waals surface area contributed by atoms with Crippen molar-refractivity contribution in [2.75, 3.05) is 20.2 Å². The lowest BCUT2D eigenvalue weighted by Crippen LogP contribution is -2.50. The minimum absolute atomic E-state index is 0.0730. The van der Waals surface area contributed by atoms with E-state index in [0.717, 1.165) is 13.1 Å². The zero-order valence-electron chi connectivity index (χ0n) is 11.7. The molecule has 1 rings (SSSR count). The fourth-order valence-electron chi connectivity index (χ4n) is 2.08. The molecule has 0 aliphatic heterocycles. The minimum Gasteiger partial charge on any atom is -0.479 e. The first-order chi connectivity index (χ1) is 8.48. The number of likely N-dealkylation sites (N-methyl/N-ethyl adjacent to an activating group) is 1. The fourth-order valence-corrected chi connectivity index (χ4v) is 2.08. The van der Waals surface area contributed by atoms with Gasteiger partial charge in [0.25, 0.3) is 0 Å². The molecular weight excluding hydrogens is 230 g/mol. The number of aromatic nitrogens is 2. The Morgan fingerprint density at radius 3 is 2.33 bits per heavy atom.